The average molecular weight is 344 g/mol. The molecule has 0 spiro atoms. The van der Waals surface area contributed by atoms with Crippen LogP contribution in [0.25, 0.3) is 0 Å². The highest BCUT2D eigenvalue weighted by Crippen LogP contribution is 2.26. The molecule has 0 aromatic carbocycles. The van der Waals surface area contributed by atoms with Gasteiger partial charge in [0.2, 0.25) is 0 Å². The molecule has 2 unspecified atom stereocenters. The summed E-state index contributed by atoms with van der Waals surface area (Å²) in [5, 5.41) is 0. The lowest BCUT2D eigenvalue weighted by Gasteiger charge is -2.34. The molecule has 2 aromatic rings. The molecule has 4 rings (SSSR count). The van der Waals surface area contributed by atoms with Crippen molar-refractivity contribution < 1.29 is 0 Å². The van der Waals surface area contributed by atoms with Gasteiger partial charge in [0.15, 0.2) is 17.8 Å². The highest BCUT2D eigenvalue weighted by Gasteiger charge is 2.30. The van der Waals surface area contributed by atoms with Crippen LogP contribution >= 0.6 is 0 Å². The van der Waals surface area contributed by atoms with Gasteiger partial charge in [-0.3, -0.25) is 9.97 Å². The predicted molar refractivity (Wildman–Crippen MR) is 103 cm³/mol. The van der Waals surface area contributed by atoms with Crippen LogP contribution in [-0.4, -0.2) is 51.6 Å². The Hall–Kier alpha value is -3.28. The Bertz CT molecular complexity index is 885. The number of hydrogen-bond acceptors (Lipinski definition) is 6. The third-order valence-corrected chi connectivity index (χ3v) is 4.45. The molecule has 4 heterocycles. The molecule has 0 fully saturated rings. The summed E-state index contributed by atoms with van der Waals surface area (Å²) < 4.78 is 0. The molecule has 2 atom stereocenters. The van der Waals surface area contributed by atoms with Gasteiger partial charge >= 0.3 is 0 Å². The van der Waals surface area contributed by atoms with Gasteiger partial charge in [0.05, 0.1) is 5.69 Å². The average Bonchev–Trinajstić information content (AvgIpc) is 2.70. The molecule has 0 N–H and O–H groups in total. The van der Waals surface area contributed by atoms with Crippen LogP contribution in [0.4, 0.5) is 0 Å². The maximum Gasteiger partial charge on any atom is 0.167 e. The number of nitrogens with zero attached hydrogens (tertiary/aromatic N) is 6. The van der Waals surface area contributed by atoms with Gasteiger partial charge in [-0.05, 0) is 36.5 Å². The molecule has 0 saturated heterocycles. The van der Waals surface area contributed by atoms with Crippen LogP contribution in [0.2, 0.25) is 0 Å². The molecule has 0 saturated carbocycles. The normalized spacial score (nSPS) is 22.2. The van der Waals surface area contributed by atoms with Crippen molar-refractivity contribution in [1.82, 2.24) is 19.8 Å². The van der Waals surface area contributed by atoms with E-state index in [1.807, 2.05) is 73.7 Å². The zero-order valence-corrected chi connectivity index (χ0v) is 14.8. The fraction of sp³-hybridized carbons (Fsp3) is 0.200. The maximum atomic E-state index is 4.92. The second kappa shape index (κ2) is 6.92. The van der Waals surface area contributed by atoms with E-state index in [4.69, 9.17) is 9.98 Å². The lowest BCUT2D eigenvalue weighted by atomic mass is 10.1. The number of amidine groups is 2. The van der Waals surface area contributed by atoms with Crippen molar-refractivity contribution in [1.29, 1.82) is 0 Å². The van der Waals surface area contributed by atoms with Crippen molar-refractivity contribution in [2.24, 2.45) is 9.98 Å². The lowest BCUT2D eigenvalue weighted by Crippen LogP contribution is -2.42. The third kappa shape index (κ3) is 3.01. The van der Waals surface area contributed by atoms with Crippen molar-refractivity contribution in [2.75, 3.05) is 14.1 Å². The van der Waals surface area contributed by atoms with Crippen molar-refractivity contribution in [2.45, 2.75) is 12.2 Å². The standard InChI is InChI=1S/C20H20N6/c1-25-14-8-5-11-17(25)18-23-19(15-9-3-6-12-21-15)26(2)20(24-18)16-10-4-7-13-22-16/h3-14,17,19H,1-2H3. The van der Waals surface area contributed by atoms with E-state index >= 15 is 0 Å². The smallest absolute Gasteiger partial charge is 0.167 e. The molecule has 0 amide bonds. The predicted octanol–water partition coefficient (Wildman–Crippen LogP) is 2.65. The monoisotopic (exact) mass is 344 g/mol. The summed E-state index contributed by atoms with van der Waals surface area (Å²) in [6.45, 7) is 0. The van der Waals surface area contributed by atoms with Crippen molar-refractivity contribution in [3.63, 3.8) is 0 Å². The zero-order chi connectivity index (χ0) is 17.9. The minimum atomic E-state index is -0.242. The van der Waals surface area contributed by atoms with Gasteiger partial charge in [-0.15, -0.1) is 0 Å². The molecular formula is C20H20N6. The molecule has 0 aliphatic carbocycles. The molecule has 0 radical (unpaired) electrons. The van der Waals surface area contributed by atoms with Crippen LogP contribution < -0.4 is 0 Å². The number of aromatic nitrogens is 2. The molecule has 6 heteroatoms. The Labute approximate surface area is 152 Å². The largest absolute Gasteiger partial charge is 0.367 e. The van der Waals surface area contributed by atoms with Crippen molar-refractivity contribution in [3.05, 3.63) is 84.6 Å². The summed E-state index contributed by atoms with van der Waals surface area (Å²) in [5.41, 5.74) is 1.70. The Kier molecular flexibility index (Phi) is 4.31. The number of pyridine rings is 2. The number of likely N-dealkylation sites (N-methyl/N-ethyl adjacent to an activating group) is 1. The fourth-order valence-electron chi connectivity index (χ4n) is 3.06. The quantitative estimate of drug-likeness (QED) is 0.859. The van der Waals surface area contributed by atoms with Crippen molar-refractivity contribution in [3.8, 4) is 0 Å². The summed E-state index contributed by atoms with van der Waals surface area (Å²) in [6, 6.07) is 11.7. The second-order valence-corrected chi connectivity index (χ2v) is 6.21. The Morgan fingerprint density at radius 1 is 0.923 bits per heavy atom. The molecule has 2 aliphatic heterocycles. The minimum absolute atomic E-state index is 0.0152. The number of aliphatic imine (C=N–C) groups is 2. The highest BCUT2D eigenvalue weighted by atomic mass is 15.3. The summed E-state index contributed by atoms with van der Waals surface area (Å²) in [6.07, 6.45) is 11.5. The van der Waals surface area contributed by atoms with Gasteiger partial charge in [0.1, 0.15) is 11.7 Å². The van der Waals surface area contributed by atoms with Crippen molar-refractivity contribution >= 4 is 11.7 Å². The topological polar surface area (TPSA) is 57.0 Å². The molecular weight excluding hydrogens is 324 g/mol. The van der Waals surface area contributed by atoms with Gasteiger partial charge in [0.25, 0.3) is 0 Å². The number of allylic oxidation sites excluding steroid dienone is 2. The maximum absolute atomic E-state index is 4.92. The van der Waals surface area contributed by atoms with Crippen LogP contribution in [0.1, 0.15) is 17.6 Å². The van der Waals surface area contributed by atoms with Gasteiger partial charge in [-0.25, -0.2) is 9.98 Å². The molecule has 2 aliphatic rings. The van der Waals surface area contributed by atoms with E-state index in [1.165, 1.54) is 0 Å². The Morgan fingerprint density at radius 2 is 1.73 bits per heavy atom. The van der Waals surface area contributed by atoms with Crippen LogP contribution in [0.15, 0.2) is 83.2 Å². The lowest BCUT2D eigenvalue weighted by molar-refractivity contribution is 0.365. The summed E-state index contributed by atoms with van der Waals surface area (Å²) >= 11 is 0. The van der Waals surface area contributed by atoms with Crippen LogP contribution in [0.5, 0.6) is 0 Å². The number of hydrogen-bond donors (Lipinski definition) is 0. The van der Waals surface area contributed by atoms with Crippen LogP contribution in [-0.2, 0) is 0 Å². The first kappa shape index (κ1) is 16.2. The zero-order valence-electron chi connectivity index (χ0n) is 14.8. The second-order valence-electron chi connectivity index (χ2n) is 6.21. The number of rotatable bonds is 3. The van der Waals surface area contributed by atoms with Gasteiger partial charge in [0, 0.05) is 26.5 Å². The SMILES string of the molecule is CN1C=CC=CC1C1=NC(c2ccccn2)N(C)C(c2ccccn2)=N1. The highest BCUT2D eigenvalue weighted by molar-refractivity contribution is 6.08. The molecule has 2 aromatic heterocycles. The van der Waals surface area contributed by atoms with Crippen LogP contribution in [0, 0.1) is 0 Å². The first-order valence-corrected chi connectivity index (χ1v) is 8.52. The van der Waals surface area contributed by atoms with E-state index in [9.17, 15) is 0 Å². The van der Waals surface area contributed by atoms with E-state index in [0.29, 0.717) is 0 Å². The Balaban J connectivity index is 1.80. The Morgan fingerprint density at radius 3 is 2.42 bits per heavy atom. The molecule has 6 nitrogen and oxygen atoms in total. The van der Waals surface area contributed by atoms with E-state index in [1.54, 1.807) is 12.4 Å². The van der Waals surface area contributed by atoms with E-state index in [0.717, 1.165) is 23.1 Å². The first-order valence-electron chi connectivity index (χ1n) is 8.52. The third-order valence-electron chi connectivity index (χ3n) is 4.45. The van der Waals surface area contributed by atoms with E-state index in [2.05, 4.69) is 20.9 Å². The summed E-state index contributed by atoms with van der Waals surface area (Å²) in [4.78, 5) is 22.9. The summed E-state index contributed by atoms with van der Waals surface area (Å²) in [7, 11) is 4.00. The van der Waals surface area contributed by atoms with Crippen LogP contribution in [0.3, 0.4) is 0 Å². The molecule has 26 heavy (non-hydrogen) atoms. The van der Waals surface area contributed by atoms with Gasteiger partial charge in [-0.2, -0.15) is 0 Å². The van der Waals surface area contributed by atoms with Gasteiger partial charge < -0.3 is 9.80 Å². The molecule has 0 bridgehead atoms. The first-order chi connectivity index (χ1) is 12.7. The fourth-order valence-corrected chi connectivity index (χ4v) is 3.06. The van der Waals surface area contributed by atoms with E-state index < -0.39 is 0 Å². The molecule has 130 valence electrons. The van der Waals surface area contributed by atoms with E-state index in [-0.39, 0.29) is 12.2 Å². The van der Waals surface area contributed by atoms with Gasteiger partial charge in [-0.1, -0.05) is 24.3 Å². The summed E-state index contributed by atoms with van der Waals surface area (Å²) in [5.74, 6) is 1.55. The minimum Gasteiger partial charge on any atom is -0.367 e.